The van der Waals surface area contributed by atoms with Gasteiger partial charge < -0.3 is 9.15 Å². The first-order valence-corrected chi connectivity index (χ1v) is 9.11. The fraction of sp³-hybridized carbons (Fsp3) is 0.263. The minimum absolute atomic E-state index is 0.167. The van der Waals surface area contributed by atoms with Crippen LogP contribution in [0.5, 0.6) is 5.75 Å². The molecule has 6 heteroatoms. The van der Waals surface area contributed by atoms with E-state index < -0.39 is 0 Å². The molecule has 128 valence electrons. The van der Waals surface area contributed by atoms with Crippen molar-refractivity contribution in [2.24, 2.45) is 0 Å². The Balaban J connectivity index is 1.39. The summed E-state index contributed by atoms with van der Waals surface area (Å²) < 4.78 is 24.1. The average molecular weight is 356 g/mol. The molecule has 2 aromatic carbocycles. The van der Waals surface area contributed by atoms with Crippen molar-refractivity contribution in [1.82, 2.24) is 10.2 Å². The van der Waals surface area contributed by atoms with Crippen molar-refractivity contribution < 1.29 is 13.5 Å². The van der Waals surface area contributed by atoms with Crippen molar-refractivity contribution in [2.45, 2.75) is 36.3 Å². The zero-order valence-electron chi connectivity index (χ0n) is 13.5. The lowest BCUT2D eigenvalue weighted by Crippen LogP contribution is -2.06. The first-order chi connectivity index (χ1) is 12.3. The van der Waals surface area contributed by atoms with Gasteiger partial charge in [-0.15, -0.1) is 10.2 Å². The standard InChI is InChI=1S/C19H17FN2O2S/c20-14-8-10-15(11-9-14)23-12-18-21-22-19(24-18)25-17-7-3-5-13-4-1-2-6-16(13)17/h1-2,4,6,8-11,17H,3,5,7,12H2/t17-/m0/s1. The lowest BCUT2D eigenvalue weighted by Gasteiger charge is -2.23. The number of rotatable bonds is 5. The number of hydrogen-bond acceptors (Lipinski definition) is 5. The molecule has 0 aliphatic heterocycles. The van der Waals surface area contributed by atoms with Crippen LogP contribution < -0.4 is 4.74 Å². The molecule has 0 radical (unpaired) electrons. The Labute approximate surface area is 149 Å². The number of halogens is 1. The molecule has 0 N–H and O–H groups in total. The van der Waals surface area contributed by atoms with Gasteiger partial charge in [0.2, 0.25) is 0 Å². The van der Waals surface area contributed by atoms with E-state index in [9.17, 15) is 4.39 Å². The maximum atomic E-state index is 12.9. The van der Waals surface area contributed by atoms with E-state index >= 15 is 0 Å². The van der Waals surface area contributed by atoms with Gasteiger partial charge >= 0.3 is 0 Å². The lowest BCUT2D eigenvalue weighted by atomic mass is 9.91. The average Bonchev–Trinajstić information content (AvgIpc) is 3.09. The van der Waals surface area contributed by atoms with Gasteiger partial charge in [0, 0.05) is 5.25 Å². The van der Waals surface area contributed by atoms with E-state index in [1.807, 2.05) is 0 Å². The number of hydrogen-bond donors (Lipinski definition) is 0. The van der Waals surface area contributed by atoms with E-state index in [0.29, 0.717) is 22.1 Å². The maximum Gasteiger partial charge on any atom is 0.277 e. The van der Waals surface area contributed by atoms with Gasteiger partial charge in [0.25, 0.3) is 11.1 Å². The first kappa shape index (κ1) is 16.1. The van der Waals surface area contributed by atoms with Crippen LogP contribution in [0.2, 0.25) is 0 Å². The molecule has 1 atom stereocenters. The quantitative estimate of drug-likeness (QED) is 0.647. The van der Waals surface area contributed by atoms with Crippen molar-refractivity contribution in [3.05, 3.63) is 71.4 Å². The fourth-order valence-electron chi connectivity index (χ4n) is 2.97. The zero-order valence-corrected chi connectivity index (χ0v) is 14.3. The highest BCUT2D eigenvalue weighted by Crippen LogP contribution is 2.42. The minimum atomic E-state index is -0.295. The van der Waals surface area contributed by atoms with Crippen LogP contribution in [0.25, 0.3) is 0 Å². The molecule has 1 aliphatic rings. The Morgan fingerprint density at radius 2 is 1.96 bits per heavy atom. The molecule has 4 rings (SSSR count). The van der Waals surface area contributed by atoms with Gasteiger partial charge in [0.1, 0.15) is 11.6 Å². The zero-order chi connectivity index (χ0) is 17.1. The summed E-state index contributed by atoms with van der Waals surface area (Å²) >= 11 is 1.61. The van der Waals surface area contributed by atoms with E-state index in [1.165, 1.54) is 29.7 Å². The van der Waals surface area contributed by atoms with Crippen LogP contribution in [0.3, 0.4) is 0 Å². The predicted octanol–water partition coefficient (Wildman–Crippen LogP) is 4.96. The maximum absolute atomic E-state index is 12.9. The third kappa shape index (κ3) is 3.85. The molecule has 25 heavy (non-hydrogen) atoms. The Bertz CT molecular complexity index is 851. The van der Waals surface area contributed by atoms with Crippen molar-refractivity contribution in [3.8, 4) is 5.75 Å². The summed E-state index contributed by atoms with van der Waals surface area (Å²) in [5.74, 6) is 0.683. The van der Waals surface area contributed by atoms with Gasteiger partial charge in [-0.1, -0.05) is 36.0 Å². The van der Waals surface area contributed by atoms with Crippen LogP contribution in [-0.2, 0) is 13.0 Å². The van der Waals surface area contributed by atoms with Crippen LogP contribution in [-0.4, -0.2) is 10.2 Å². The number of aromatic nitrogens is 2. The Morgan fingerprint density at radius 1 is 1.12 bits per heavy atom. The van der Waals surface area contributed by atoms with Crippen molar-refractivity contribution >= 4 is 11.8 Å². The lowest BCUT2D eigenvalue weighted by molar-refractivity contribution is 0.251. The normalized spacial score (nSPS) is 16.4. The highest BCUT2D eigenvalue weighted by Gasteiger charge is 2.23. The van der Waals surface area contributed by atoms with Crippen LogP contribution in [0.4, 0.5) is 4.39 Å². The van der Waals surface area contributed by atoms with E-state index in [4.69, 9.17) is 9.15 Å². The van der Waals surface area contributed by atoms with E-state index in [1.54, 1.807) is 23.9 Å². The topological polar surface area (TPSA) is 48.2 Å². The molecule has 3 aromatic rings. The number of thioether (sulfide) groups is 1. The van der Waals surface area contributed by atoms with E-state index in [-0.39, 0.29) is 12.4 Å². The summed E-state index contributed by atoms with van der Waals surface area (Å²) in [7, 11) is 0. The number of benzene rings is 2. The molecular formula is C19H17FN2O2S. The molecule has 4 nitrogen and oxygen atoms in total. The number of fused-ring (bicyclic) bond motifs is 1. The van der Waals surface area contributed by atoms with Crippen molar-refractivity contribution in [1.29, 1.82) is 0 Å². The van der Waals surface area contributed by atoms with Gasteiger partial charge in [-0.3, -0.25) is 0 Å². The number of ether oxygens (including phenoxy) is 1. The summed E-state index contributed by atoms with van der Waals surface area (Å²) in [6.07, 6.45) is 3.41. The molecule has 0 unspecified atom stereocenters. The second-order valence-electron chi connectivity index (χ2n) is 5.90. The van der Waals surface area contributed by atoms with Gasteiger partial charge in [-0.25, -0.2) is 4.39 Å². The van der Waals surface area contributed by atoms with Crippen molar-refractivity contribution in [3.63, 3.8) is 0 Å². The SMILES string of the molecule is Fc1ccc(OCc2nnc(S[C@H]3CCCc4ccccc43)o2)cc1. The van der Waals surface area contributed by atoms with E-state index in [0.717, 1.165) is 12.8 Å². The highest BCUT2D eigenvalue weighted by molar-refractivity contribution is 7.99. The first-order valence-electron chi connectivity index (χ1n) is 8.23. The predicted molar refractivity (Wildman–Crippen MR) is 93.0 cm³/mol. The molecule has 1 heterocycles. The fourth-order valence-corrected chi connectivity index (χ4v) is 4.09. The second-order valence-corrected chi connectivity index (χ2v) is 7.06. The molecule has 0 saturated heterocycles. The molecule has 0 amide bonds. The van der Waals surface area contributed by atoms with Gasteiger partial charge in [0.05, 0.1) is 0 Å². The second kappa shape index (κ2) is 7.27. The van der Waals surface area contributed by atoms with Crippen LogP contribution in [0, 0.1) is 5.82 Å². The largest absolute Gasteiger partial charge is 0.484 e. The Hall–Kier alpha value is -2.34. The monoisotopic (exact) mass is 356 g/mol. The molecule has 0 saturated carbocycles. The smallest absolute Gasteiger partial charge is 0.277 e. The van der Waals surface area contributed by atoms with E-state index in [2.05, 4.69) is 34.5 Å². The van der Waals surface area contributed by atoms with Crippen LogP contribution in [0.15, 0.2) is 58.2 Å². The number of aryl methyl sites for hydroxylation is 1. The van der Waals surface area contributed by atoms with Crippen LogP contribution in [0.1, 0.15) is 35.1 Å². The molecule has 1 aromatic heterocycles. The summed E-state index contributed by atoms with van der Waals surface area (Å²) in [5.41, 5.74) is 2.77. The summed E-state index contributed by atoms with van der Waals surface area (Å²) in [6.45, 7) is 0.167. The van der Waals surface area contributed by atoms with Gasteiger partial charge in [-0.2, -0.15) is 0 Å². The van der Waals surface area contributed by atoms with Crippen LogP contribution >= 0.6 is 11.8 Å². The third-order valence-corrected chi connectivity index (χ3v) is 5.32. The highest BCUT2D eigenvalue weighted by atomic mass is 32.2. The number of nitrogens with zero attached hydrogens (tertiary/aromatic N) is 2. The van der Waals surface area contributed by atoms with Gasteiger partial charge in [-0.05, 0) is 54.7 Å². The van der Waals surface area contributed by atoms with Gasteiger partial charge in [0.15, 0.2) is 6.61 Å². The molecule has 1 aliphatic carbocycles. The Morgan fingerprint density at radius 3 is 2.84 bits per heavy atom. The molecular weight excluding hydrogens is 339 g/mol. The van der Waals surface area contributed by atoms with Crippen molar-refractivity contribution in [2.75, 3.05) is 0 Å². The summed E-state index contributed by atoms with van der Waals surface area (Å²) in [4.78, 5) is 0. The molecule has 0 fully saturated rings. The third-order valence-electron chi connectivity index (χ3n) is 4.18. The molecule has 0 spiro atoms. The molecule has 0 bridgehead atoms. The summed E-state index contributed by atoms with van der Waals surface area (Å²) in [6, 6.07) is 14.4. The summed E-state index contributed by atoms with van der Waals surface area (Å²) in [5, 5.41) is 9.05. The Kier molecular flexibility index (Phi) is 4.70. The minimum Gasteiger partial charge on any atom is -0.484 e.